The number of rotatable bonds is 17. The molecule has 19 nitrogen and oxygen atoms in total. The third-order valence-corrected chi connectivity index (χ3v) is 11.0. The second-order valence-electron chi connectivity index (χ2n) is 15.1. The van der Waals surface area contributed by atoms with Crippen LogP contribution < -0.4 is 31.7 Å². The molecule has 8 rings (SSSR count). The van der Waals surface area contributed by atoms with Crippen LogP contribution in [0.3, 0.4) is 0 Å². The Kier molecular flexibility index (Phi) is 12.5. The maximum absolute atomic E-state index is 13.1. The van der Waals surface area contributed by atoms with E-state index in [0.29, 0.717) is 49.5 Å². The van der Waals surface area contributed by atoms with E-state index >= 15 is 0 Å². The Labute approximate surface area is 349 Å². The van der Waals surface area contributed by atoms with Crippen LogP contribution >= 0.6 is 0 Å². The molecular weight excluding hydrogens is 783 g/mol. The number of nitrogens with one attached hydrogen (secondary N) is 4. The summed E-state index contributed by atoms with van der Waals surface area (Å²) in [5.74, 6) is 0.621. The Morgan fingerprint density at radius 2 is 1.72 bits per heavy atom. The van der Waals surface area contributed by atoms with Crippen molar-refractivity contribution in [2.75, 3.05) is 54.8 Å². The number of piperidine rings is 1. The lowest BCUT2D eigenvalue weighted by Gasteiger charge is -2.36. The van der Waals surface area contributed by atoms with Gasteiger partial charge in [0.05, 0.1) is 30.9 Å². The molecule has 1 unspecified atom stereocenters. The number of carbonyl (C=O) groups is 4. The summed E-state index contributed by atoms with van der Waals surface area (Å²) in [6.45, 7) is 3.97. The number of benzene rings is 2. The third-order valence-electron chi connectivity index (χ3n) is 11.0. The van der Waals surface area contributed by atoms with E-state index in [4.69, 9.17) is 9.40 Å². The first-order valence-corrected chi connectivity index (χ1v) is 20.6. The van der Waals surface area contributed by atoms with Crippen LogP contribution in [0.4, 0.5) is 17.2 Å². The number of aromatic nitrogens is 7. The molecule has 2 aliphatic rings. The Morgan fingerprint density at radius 3 is 2.52 bits per heavy atom. The van der Waals surface area contributed by atoms with Gasteiger partial charge in [-0.25, -0.2) is 4.98 Å². The van der Waals surface area contributed by atoms with Crippen LogP contribution in [-0.4, -0.2) is 102 Å². The summed E-state index contributed by atoms with van der Waals surface area (Å²) in [5, 5.41) is 28.2. The lowest BCUT2D eigenvalue weighted by atomic mass is 10.1. The molecule has 0 aliphatic carbocycles. The van der Waals surface area contributed by atoms with Crippen LogP contribution in [0.1, 0.15) is 63.2 Å². The number of hydrogen-bond donors (Lipinski definition) is 4. The highest BCUT2D eigenvalue weighted by Gasteiger charge is 2.30. The van der Waals surface area contributed by atoms with E-state index in [-0.39, 0.29) is 42.5 Å². The zero-order valence-corrected chi connectivity index (χ0v) is 33.6. The fourth-order valence-corrected chi connectivity index (χ4v) is 7.63. The Bertz CT molecular complexity index is 2560. The van der Waals surface area contributed by atoms with Gasteiger partial charge in [-0.1, -0.05) is 36.6 Å². The van der Waals surface area contributed by atoms with Crippen LogP contribution in [0.25, 0.3) is 27.8 Å². The molecule has 1 atom stereocenters. The summed E-state index contributed by atoms with van der Waals surface area (Å²) in [7, 11) is 0. The first-order valence-electron chi connectivity index (χ1n) is 20.6. The van der Waals surface area contributed by atoms with Crippen molar-refractivity contribution in [3.05, 3.63) is 89.5 Å². The van der Waals surface area contributed by atoms with Crippen molar-refractivity contribution in [3.8, 4) is 11.3 Å². The first kappa shape index (κ1) is 40.6. The van der Waals surface area contributed by atoms with Crippen LogP contribution in [0, 0.1) is 0 Å². The highest BCUT2D eigenvalue weighted by Crippen LogP contribution is 2.27. The minimum absolute atomic E-state index is 0.0156. The van der Waals surface area contributed by atoms with Crippen molar-refractivity contribution in [2.45, 2.75) is 64.0 Å². The van der Waals surface area contributed by atoms with Gasteiger partial charge in [0.1, 0.15) is 35.2 Å². The Morgan fingerprint density at radius 1 is 0.902 bits per heavy atom. The second-order valence-corrected chi connectivity index (χ2v) is 15.1. The first-order chi connectivity index (χ1) is 29.8. The van der Waals surface area contributed by atoms with Crippen molar-refractivity contribution >= 4 is 57.4 Å². The molecular formula is C42H47N13O6. The monoisotopic (exact) mass is 829 g/mol. The van der Waals surface area contributed by atoms with Crippen LogP contribution in [-0.2, 0) is 25.7 Å². The van der Waals surface area contributed by atoms with Gasteiger partial charge in [0.2, 0.25) is 17.7 Å². The SMILES string of the molecule is O=C(CNc1ccc2nnn(C3CCC(=O)NC3=O)c(=O)c2c1)NCCCCCCCC(=O)N1CCN(c2ccc(-c3ncc(NCc4ccco4)n4cnnc34)cc2)CC1. The average molecular weight is 830 g/mol. The number of amides is 4. The predicted octanol–water partition coefficient (Wildman–Crippen LogP) is 3.30. The molecule has 4 N–H and O–H groups in total. The number of fused-ring (bicyclic) bond motifs is 2. The summed E-state index contributed by atoms with van der Waals surface area (Å²) in [5.41, 5.74) is 3.83. The number of furan rings is 1. The fourth-order valence-electron chi connectivity index (χ4n) is 7.63. The lowest BCUT2D eigenvalue weighted by molar-refractivity contribution is -0.136. The van der Waals surface area contributed by atoms with Crippen molar-refractivity contribution in [1.29, 1.82) is 0 Å². The maximum Gasteiger partial charge on any atom is 0.278 e. The van der Waals surface area contributed by atoms with E-state index in [1.807, 2.05) is 33.6 Å². The van der Waals surface area contributed by atoms with Gasteiger partial charge in [-0.05, 0) is 61.7 Å². The summed E-state index contributed by atoms with van der Waals surface area (Å²) in [6, 6.07) is 16.0. The lowest BCUT2D eigenvalue weighted by Crippen LogP contribution is -2.48. The highest BCUT2D eigenvalue weighted by molar-refractivity contribution is 5.99. The van der Waals surface area contributed by atoms with Gasteiger partial charge in [-0.2, -0.15) is 4.68 Å². The van der Waals surface area contributed by atoms with Crippen LogP contribution in [0.5, 0.6) is 0 Å². The average Bonchev–Trinajstić information content (AvgIpc) is 4.00. The van der Waals surface area contributed by atoms with Gasteiger partial charge in [-0.15, -0.1) is 15.3 Å². The minimum Gasteiger partial charge on any atom is -0.467 e. The van der Waals surface area contributed by atoms with E-state index in [0.717, 1.165) is 78.4 Å². The molecule has 2 fully saturated rings. The summed E-state index contributed by atoms with van der Waals surface area (Å²) < 4.78 is 8.30. The van der Waals surface area contributed by atoms with Gasteiger partial charge in [0, 0.05) is 62.5 Å². The summed E-state index contributed by atoms with van der Waals surface area (Å²) in [6.07, 6.45) is 10.4. The number of hydrogen-bond acceptors (Lipinski definition) is 14. The molecule has 0 radical (unpaired) electrons. The van der Waals surface area contributed by atoms with E-state index in [1.165, 1.54) is 0 Å². The molecule has 19 heteroatoms. The van der Waals surface area contributed by atoms with Gasteiger partial charge < -0.3 is 30.2 Å². The largest absolute Gasteiger partial charge is 0.467 e. The summed E-state index contributed by atoms with van der Waals surface area (Å²) >= 11 is 0. The van der Waals surface area contributed by atoms with E-state index in [1.54, 1.807) is 37.0 Å². The number of anilines is 3. The minimum atomic E-state index is -0.913. The molecule has 2 aliphatic heterocycles. The Hall–Kier alpha value is -7.18. The zero-order valence-electron chi connectivity index (χ0n) is 33.6. The molecule has 2 saturated heterocycles. The quantitative estimate of drug-likeness (QED) is 0.0765. The Balaban J connectivity index is 0.697. The molecule has 0 bridgehead atoms. The van der Waals surface area contributed by atoms with E-state index < -0.39 is 17.5 Å². The molecule has 4 aromatic heterocycles. The number of imide groups is 1. The van der Waals surface area contributed by atoms with E-state index in [2.05, 4.69) is 58.8 Å². The third kappa shape index (κ3) is 9.66. The zero-order chi connectivity index (χ0) is 42.1. The normalized spacial score (nSPS) is 15.6. The van der Waals surface area contributed by atoms with Crippen molar-refractivity contribution in [1.82, 2.24) is 50.1 Å². The topological polar surface area (TPSA) is 227 Å². The molecule has 6 aromatic rings. The van der Waals surface area contributed by atoms with Gasteiger partial charge in [-0.3, -0.25) is 33.7 Å². The predicted molar refractivity (Wildman–Crippen MR) is 225 cm³/mol. The van der Waals surface area contributed by atoms with Crippen molar-refractivity contribution in [3.63, 3.8) is 0 Å². The van der Waals surface area contributed by atoms with Crippen molar-refractivity contribution < 1.29 is 23.6 Å². The molecule has 2 aromatic carbocycles. The number of unbranched alkanes of at least 4 members (excludes halogenated alkanes) is 4. The van der Waals surface area contributed by atoms with Crippen LogP contribution in [0.2, 0.25) is 0 Å². The molecule has 316 valence electrons. The number of piperazine rings is 1. The highest BCUT2D eigenvalue weighted by atomic mass is 16.3. The van der Waals surface area contributed by atoms with Gasteiger partial charge in [0.25, 0.3) is 11.5 Å². The molecule has 0 saturated carbocycles. The second kappa shape index (κ2) is 18.8. The smallest absolute Gasteiger partial charge is 0.278 e. The van der Waals surface area contributed by atoms with Gasteiger partial charge >= 0.3 is 0 Å². The molecule has 0 spiro atoms. The molecule has 61 heavy (non-hydrogen) atoms. The van der Waals surface area contributed by atoms with Gasteiger partial charge in [0.15, 0.2) is 5.65 Å². The molecule has 6 heterocycles. The van der Waals surface area contributed by atoms with Crippen molar-refractivity contribution in [2.24, 2.45) is 0 Å². The maximum atomic E-state index is 13.1. The number of nitrogens with zero attached hydrogens (tertiary/aromatic N) is 9. The van der Waals surface area contributed by atoms with E-state index in [9.17, 15) is 24.0 Å². The van der Waals surface area contributed by atoms with Crippen LogP contribution in [0.15, 0.2) is 82.6 Å². The standard InChI is InChI=1S/C42H47N13O6/c56-36-16-15-34(41(59)48-36)55-42(60)32-23-29(11-14-33(32)49-51-55)44-26-37(57)43-17-5-3-1-2-4-8-38(58)53-20-18-52(19-21-53)30-12-9-28(10-13-30)39-40-50-47-27-54(40)35(25-46-39)45-24-31-7-6-22-61-31/h6-7,9-14,22-23,25,27,34,44-45H,1-5,8,15-21,24,26H2,(H,43,57)(H,48,56,59). The summed E-state index contributed by atoms with van der Waals surface area (Å²) in [4.78, 5) is 71.4. The fraction of sp³-hybridized carbons (Fsp3) is 0.381. The number of carbonyl (C=O) groups excluding carboxylic acids is 4. The molecule has 4 amide bonds.